The van der Waals surface area contributed by atoms with Crippen molar-refractivity contribution >= 4 is 21.6 Å². The SMILES string of the molecule is O=[N+]([O-])c1cc(Br)cnc1CC(O)C1CC1. The van der Waals surface area contributed by atoms with Crippen molar-refractivity contribution in [1.82, 2.24) is 4.98 Å². The summed E-state index contributed by atoms with van der Waals surface area (Å²) in [5, 5.41) is 20.5. The first kappa shape index (κ1) is 11.5. The molecule has 5 nitrogen and oxygen atoms in total. The molecule has 6 heteroatoms. The van der Waals surface area contributed by atoms with Crippen LogP contribution >= 0.6 is 15.9 Å². The van der Waals surface area contributed by atoms with Crippen LogP contribution in [0.4, 0.5) is 5.69 Å². The van der Waals surface area contributed by atoms with Crippen molar-refractivity contribution in [1.29, 1.82) is 0 Å². The Hall–Kier alpha value is -1.01. The Bertz CT molecular complexity index is 421. The minimum Gasteiger partial charge on any atom is -0.392 e. The van der Waals surface area contributed by atoms with E-state index in [-0.39, 0.29) is 12.1 Å². The third-order valence-electron chi connectivity index (χ3n) is 2.68. The van der Waals surface area contributed by atoms with Crippen LogP contribution in [0.15, 0.2) is 16.7 Å². The summed E-state index contributed by atoms with van der Waals surface area (Å²) in [5.74, 6) is 0.296. The highest BCUT2D eigenvalue weighted by Crippen LogP contribution is 2.35. The molecule has 1 aromatic heterocycles. The smallest absolute Gasteiger partial charge is 0.291 e. The highest BCUT2D eigenvalue weighted by Gasteiger charge is 2.31. The zero-order valence-corrected chi connectivity index (χ0v) is 10.1. The van der Waals surface area contributed by atoms with Crippen molar-refractivity contribution in [3.8, 4) is 0 Å². The molecule has 0 bridgehead atoms. The van der Waals surface area contributed by atoms with Crippen LogP contribution in [0.25, 0.3) is 0 Å². The molecule has 0 aliphatic heterocycles. The molecule has 0 radical (unpaired) electrons. The predicted molar refractivity (Wildman–Crippen MR) is 61.0 cm³/mol. The number of aliphatic hydroxyl groups is 1. The average molecular weight is 287 g/mol. The zero-order valence-electron chi connectivity index (χ0n) is 8.47. The number of hydrogen-bond donors (Lipinski definition) is 1. The third kappa shape index (κ3) is 2.56. The number of hydrogen-bond acceptors (Lipinski definition) is 4. The fourth-order valence-electron chi connectivity index (χ4n) is 1.62. The second-order valence-electron chi connectivity index (χ2n) is 3.99. The molecule has 0 aromatic carbocycles. The van der Waals surface area contributed by atoms with Gasteiger partial charge in [0, 0.05) is 23.2 Å². The molecule has 1 saturated carbocycles. The van der Waals surface area contributed by atoms with Gasteiger partial charge in [0.2, 0.25) is 0 Å². The first-order chi connectivity index (χ1) is 7.58. The summed E-state index contributed by atoms with van der Waals surface area (Å²) in [7, 11) is 0. The van der Waals surface area contributed by atoms with Gasteiger partial charge < -0.3 is 5.11 Å². The Morgan fingerprint density at radius 2 is 2.38 bits per heavy atom. The van der Waals surface area contributed by atoms with Gasteiger partial charge >= 0.3 is 0 Å². The zero-order chi connectivity index (χ0) is 11.7. The lowest BCUT2D eigenvalue weighted by Crippen LogP contribution is -2.15. The number of halogens is 1. The number of rotatable bonds is 4. The number of pyridine rings is 1. The monoisotopic (exact) mass is 286 g/mol. The molecular weight excluding hydrogens is 276 g/mol. The standard InChI is InChI=1S/C10H11BrN2O3/c11-7-3-9(13(15)16)8(12-5-7)4-10(14)6-1-2-6/h3,5-6,10,14H,1-2,4H2. The molecule has 86 valence electrons. The quantitative estimate of drug-likeness (QED) is 0.679. The Balaban J connectivity index is 2.21. The van der Waals surface area contributed by atoms with Crippen LogP contribution in [0.3, 0.4) is 0 Å². The van der Waals surface area contributed by atoms with E-state index >= 15 is 0 Å². The van der Waals surface area contributed by atoms with Gasteiger partial charge in [0.1, 0.15) is 5.69 Å². The van der Waals surface area contributed by atoms with E-state index < -0.39 is 11.0 Å². The van der Waals surface area contributed by atoms with Crippen LogP contribution in [0.5, 0.6) is 0 Å². The van der Waals surface area contributed by atoms with E-state index in [0.29, 0.717) is 16.1 Å². The summed E-state index contributed by atoms with van der Waals surface area (Å²) in [5.41, 5.74) is 0.321. The van der Waals surface area contributed by atoms with Crippen LogP contribution in [0.1, 0.15) is 18.5 Å². The predicted octanol–water partition coefficient (Wildman–Crippen LogP) is 2.07. The van der Waals surface area contributed by atoms with Crippen LogP contribution in [0, 0.1) is 16.0 Å². The molecule has 1 fully saturated rings. The molecule has 1 unspecified atom stereocenters. The number of nitro groups is 1. The number of nitrogens with zero attached hydrogens (tertiary/aromatic N) is 2. The largest absolute Gasteiger partial charge is 0.392 e. The van der Waals surface area contributed by atoms with Gasteiger partial charge in [-0.05, 0) is 34.7 Å². The molecule has 16 heavy (non-hydrogen) atoms. The summed E-state index contributed by atoms with van der Waals surface area (Å²) in [4.78, 5) is 14.3. The molecule has 1 atom stereocenters. The molecule has 1 aliphatic rings. The van der Waals surface area contributed by atoms with Gasteiger partial charge in [-0.1, -0.05) is 0 Å². The second kappa shape index (κ2) is 4.47. The third-order valence-corrected chi connectivity index (χ3v) is 3.11. The van der Waals surface area contributed by atoms with Gasteiger partial charge in [-0.2, -0.15) is 0 Å². The van der Waals surface area contributed by atoms with E-state index in [1.807, 2.05) is 0 Å². The van der Waals surface area contributed by atoms with Crippen LogP contribution < -0.4 is 0 Å². The van der Waals surface area contributed by atoms with Gasteiger partial charge in [0.25, 0.3) is 5.69 Å². The van der Waals surface area contributed by atoms with Crippen molar-refractivity contribution in [2.75, 3.05) is 0 Å². The molecule has 0 saturated heterocycles. The molecule has 1 aromatic rings. The normalized spacial score (nSPS) is 17.1. The van der Waals surface area contributed by atoms with Gasteiger partial charge in [-0.25, -0.2) is 0 Å². The lowest BCUT2D eigenvalue weighted by atomic mass is 10.1. The number of aromatic nitrogens is 1. The van der Waals surface area contributed by atoms with E-state index in [1.165, 1.54) is 12.3 Å². The van der Waals surface area contributed by atoms with Crippen LogP contribution in [0.2, 0.25) is 0 Å². The van der Waals surface area contributed by atoms with Crippen molar-refractivity contribution in [2.24, 2.45) is 5.92 Å². The minimum absolute atomic E-state index is 0.0333. The molecular formula is C10H11BrN2O3. The maximum absolute atomic E-state index is 10.8. The topological polar surface area (TPSA) is 76.3 Å². The highest BCUT2D eigenvalue weighted by molar-refractivity contribution is 9.10. The molecule has 2 rings (SSSR count). The summed E-state index contributed by atoms with van der Waals surface area (Å²) < 4.78 is 0.573. The number of aliphatic hydroxyl groups excluding tert-OH is 1. The van der Waals surface area contributed by atoms with Crippen molar-refractivity contribution in [3.05, 3.63) is 32.5 Å². The van der Waals surface area contributed by atoms with E-state index in [4.69, 9.17) is 0 Å². The van der Waals surface area contributed by atoms with Gasteiger partial charge in [0.05, 0.1) is 11.0 Å². The summed E-state index contributed by atoms with van der Waals surface area (Å²) >= 11 is 3.14. The minimum atomic E-state index is -0.507. The summed E-state index contributed by atoms with van der Waals surface area (Å²) in [6.45, 7) is 0. The Kier molecular flexibility index (Phi) is 3.20. The van der Waals surface area contributed by atoms with E-state index in [9.17, 15) is 15.2 Å². The van der Waals surface area contributed by atoms with Crippen molar-refractivity contribution in [3.63, 3.8) is 0 Å². The maximum atomic E-state index is 10.8. The maximum Gasteiger partial charge on any atom is 0.291 e. The fraction of sp³-hybridized carbons (Fsp3) is 0.500. The van der Waals surface area contributed by atoms with Crippen LogP contribution in [-0.4, -0.2) is 21.1 Å². The molecule has 0 amide bonds. The van der Waals surface area contributed by atoms with E-state index in [2.05, 4.69) is 20.9 Å². The van der Waals surface area contributed by atoms with E-state index in [1.54, 1.807) is 0 Å². The molecule has 1 aliphatic carbocycles. The fourth-order valence-corrected chi connectivity index (χ4v) is 1.94. The first-order valence-corrected chi connectivity index (χ1v) is 5.84. The summed E-state index contributed by atoms with van der Waals surface area (Å²) in [6, 6.07) is 1.42. The van der Waals surface area contributed by atoms with Crippen molar-refractivity contribution in [2.45, 2.75) is 25.4 Å². The Labute approximate surface area is 101 Å². The van der Waals surface area contributed by atoms with Gasteiger partial charge in [0.15, 0.2) is 0 Å². The lowest BCUT2D eigenvalue weighted by molar-refractivity contribution is -0.386. The second-order valence-corrected chi connectivity index (χ2v) is 4.90. The van der Waals surface area contributed by atoms with E-state index in [0.717, 1.165) is 12.8 Å². The van der Waals surface area contributed by atoms with Gasteiger partial charge in [-0.15, -0.1) is 0 Å². The molecule has 1 N–H and O–H groups in total. The average Bonchev–Trinajstić information content (AvgIpc) is 3.03. The summed E-state index contributed by atoms with van der Waals surface area (Å²) in [6.07, 6.45) is 3.28. The lowest BCUT2D eigenvalue weighted by Gasteiger charge is -2.08. The molecule has 0 spiro atoms. The first-order valence-electron chi connectivity index (χ1n) is 5.05. The Morgan fingerprint density at radius 1 is 1.69 bits per heavy atom. The molecule has 1 heterocycles. The Morgan fingerprint density at radius 3 is 2.94 bits per heavy atom. The van der Waals surface area contributed by atoms with Crippen molar-refractivity contribution < 1.29 is 10.0 Å². The van der Waals surface area contributed by atoms with Gasteiger partial charge in [-0.3, -0.25) is 15.1 Å². The van der Waals surface area contributed by atoms with Crippen LogP contribution in [-0.2, 0) is 6.42 Å². The highest BCUT2D eigenvalue weighted by atomic mass is 79.9.